The highest BCUT2D eigenvalue weighted by atomic mass is 16.6. The Kier molecular flexibility index (Phi) is 4.76. The minimum Gasteiger partial charge on any atom is -0.411 e. The molecule has 0 amide bonds. The summed E-state index contributed by atoms with van der Waals surface area (Å²) in [6.45, 7) is 5.50. The van der Waals surface area contributed by atoms with Crippen molar-refractivity contribution in [2.75, 3.05) is 7.11 Å². The molecule has 0 aromatic rings. The third kappa shape index (κ3) is 3.75. The molecule has 4 nitrogen and oxygen atoms in total. The zero-order chi connectivity index (χ0) is 9.56. The highest BCUT2D eigenvalue weighted by Crippen LogP contribution is 1.94. The largest absolute Gasteiger partial charge is 0.411 e. The fourth-order valence-corrected chi connectivity index (χ4v) is 0.620. The third-order valence-corrected chi connectivity index (χ3v) is 1.14. The van der Waals surface area contributed by atoms with Crippen LogP contribution in [0.4, 0.5) is 0 Å². The van der Waals surface area contributed by atoms with Crippen LogP contribution >= 0.6 is 0 Å². The lowest BCUT2D eigenvalue weighted by atomic mass is 10.2. The Morgan fingerprint density at radius 3 is 2.25 bits per heavy atom. The molecule has 0 fully saturated rings. The van der Waals surface area contributed by atoms with Gasteiger partial charge in [-0.1, -0.05) is 15.9 Å². The second-order valence-corrected chi connectivity index (χ2v) is 2.57. The molecule has 0 saturated heterocycles. The van der Waals surface area contributed by atoms with Crippen LogP contribution in [-0.2, 0) is 4.84 Å². The maximum absolute atomic E-state index is 8.47. The molecule has 0 aliphatic carbocycles. The molecular weight excluding hydrogens is 156 g/mol. The first-order valence-electron chi connectivity index (χ1n) is 3.57. The maximum atomic E-state index is 8.47. The molecule has 0 atom stereocenters. The number of oxime groups is 2. The smallest absolute Gasteiger partial charge is 0.127 e. The Balaban J connectivity index is 4.69. The second kappa shape index (κ2) is 5.35. The normalized spacial score (nSPS) is 12.7. The van der Waals surface area contributed by atoms with Crippen molar-refractivity contribution in [2.24, 2.45) is 10.3 Å². The molecule has 0 aliphatic heterocycles. The Hall–Kier alpha value is -1.32. The average Bonchev–Trinajstić information content (AvgIpc) is 2.01. The molecule has 0 radical (unpaired) electrons. The van der Waals surface area contributed by atoms with Gasteiger partial charge in [0, 0.05) is 0 Å². The SMILES string of the molecule is CO/N=C(C=C(C)C)/C(C)=N/O. The monoisotopic (exact) mass is 170 g/mol. The van der Waals surface area contributed by atoms with E-state index in [0.29, 0.717) is 11.4 Å². The first-order chi connectivity index (χ1) is 5.61. The molecule has 0 aliphatic rings. The molecule has 0 bridgehead atoms. The molecule has 0 unspecified atom stereocenters. The lowest BCUT2D eigenvalue weighted by molar-refractivity contribution is 0.214. The van der Waals surface area contributed by atoms with Crippen LogP contribution in [0.2, 0.25) is 0 Å². The van der Waals surface area contributed by atoms with Gasteiger partial charge in [-0.2, -0.15) is 0 Å². The summed E-state index contributed by atoms with van der Waals surface area (Å²) in [7, 11) is 1.45. The standard InChI is InChI=1S/C8H14N2O2/c1-6(2)5-8(10-12-4)7(3)9-11/h5,11H,1-4H3/b9-7+,10-8+. The van der Waals surface area contributed by atoms with E-state index in [9.17, 15) is 0 Å². The van der Waals surface area contributed by atoms with E-state index < -0.39 is 0 Å². The van der Waals surface area contributed by atoms with E-state index in [1.807, 2.05) is 13.8 Å². The zero-order valence-corrected chi connectivity index (χ0v) is 7.83. The van der Waals surface area contributed by atoms with Gasteiger partial charge >= 0.3 is 0 Å². The summed E-state index contributed by atoms with van der Waals surface area (Å²) < 4.78 is 0. The van der Waals surface area contributed by atoms with Crippen molar-refractivity contribution in [3.8, 4) is 0 Å². The van der Waals surface area contributed by atoms with Crippen LogP contribution in [-0.4, -0.2) is 23.7 Å². The Morgan fingerprint density at radius 1 is 1.33 bits per heavy atom. The molecule has 0 heterocycles. The third-order valence-electron chi connectivity index (χ3n) is 1.14. The summed E-state index contributed by atoms with van der Waals surface area (Å²) in [5.41, 5.74) is 2.02. The van der Waals surface area contributed by atoms with Crippen molar-refractivity contribution in [2.45, 2.75) is 20.8 Å². The lowest BCUT2D eigenvalue weighted by Crippen LogP contribution is -2.08. The van der Waals surface area contributed by atoms with Crippen molar-refractivity contribution >= 4 is 11.4 Å². The van der Waals surface area contributed by atoms with Gasteiger partial charge in [0.25, 0.3) is 0 Å². The van der Waals surface area contributed by atoms with Gasteiger partial charge in [0.05, 0.1) is 0 Å². The minimum atomic E-state index is 0.429. The zero-order valence-electron chi connectivity index (χ0n) is 7.83. The van der Waals surface area contributed by atoms with Crippen molar-refractivity contribution < 1.29 is 10.0 Å². The van der Waals surface area contributed by atoms with Gasteiger partial charge in [0.15, 0.2) is 0 Å². The molecule has 4 heteroatoms. The van der Waals surface area contributed by atoms with Gasteiger partial charge in [-0.05, 0) is 26.8 Å². The van der Waals surface area contributed by atoms with E-state index in [2.05, 4.69) is 15.1 Å². The van der Waals surface area contributed by atoms with Crippen molar-refractivity contribution in [3.05, 3.63) is 11.6 Å². The van der Waals surface area contributed by atoms with Crippen LogP contribution < -0.4 is 0 Å². The predicted octanol–water partition coefficient (Wildman–Crippen LogP) is 1.81. The average molecular weight is 170 g/mol. The van der Waals surface area contributed by atoms with Crippen LogP contribution in [0.15, 0.2) is 22.0 Å². The molecule has 0 saturated carbocycles. The highest BCUT2D eigenvalue weighted by molar-refractivity contribution is 6.45. The van der Waals surface area contributed by atoms with Crippen LogP contribution in [0.25, 0.3) is 0 Å². The number of rotatable bonds is 3. The summed E-state index contributed by atoms with van der Waals surface area (Å²) >= 11 is 0. The fourth-order valence-electron chi connectivity index (χ4n) is 0.620. The van der Waals surface area contributed by atoms with Gasteiger partial charge < -0.3 is 10.0 Å². The van der Waals surface area contributed by atoms with Crippen molar-refractivity contribution in [3.63, 3.8) is 0 Å². The molecular formula is C8H14N2O2. The molecule has 0 spiro atoms. The van der Waals surface area contributed by atoms with E-state index in [1.165, 1.54) is 7.11 Å². The van der Waals surface area contributed by atoms with Gasteiger partial charge in [0.1, 0.15) is 18.5 Å². The number of hydrogen-bond acceptors (Lipinski definition) is 4. The van der Waals surface area contributed by atoms with E-state index in [4.69, 9.17) is 5.21 Å². The van der Waals surface area contributed by atoms with Crippen LogP contribution in [0, 0.1) is 0 Å². The fraction of sp³-hybridized carbons (Fsp3) is 0.500. The Bertz CT molecular complexity index is 225. The highest BCUT2D eigenvalue weighted by Gasteiger charge is 2.00. The molecule has 12 heavy (non-hydrogen) atoms. The van der Waals surface area contributed by atoms with E-state index >= 15 is 0 Å². The Morgan fingerprint density at radius 2 is 1.92 bits per heavy atom. The van der Waals surface area contributed by atoms with Crippen LogP contribution in [0.5, 0.6) is 0 Å². The molecule has 0 aromatic carbocycles. The molecule has 0 rings (SSSR count). The van der Waals surface area contributed by atoms with Gasteiger partial charge in [-0.3, -0.25) is 0 Å². The van der Waals surface area contributed by atoms with E-state index in [-0.39, 0.29) is 0 Å². The Labute approximate surface area is 72.2 Å². The van der Waals surface area contributed by atoms with Gasteiger partial charge in [-0.25, -0.2) is 0 Å². The number of hydrogen-bond donors (Lipinski definition) is 1. The number of nitrogens with zero attached hydrogens (tertiary/aromatic N) is 2. The lowest BCUT2D eigenvalue weighted by Gasteiger charge is -1.97. The summed E-state index contributed by atoms with van der Waals surface area (Å²) in [6, 6.07) is 0. The second-order valence-electron chi connectivity index (χ2n) is 2.57. The summed E-state index contributed by atoms with van der Waals surface area (Å²) in [5, 5.41) is 15.2. The molecule has 1 N–H and O–H groups in total. The topological polar surface area (TPSA) is 54.2 Å². The van der Waals surface area contributed by atoms with Gasteiger partial charge in [0.2, 0.25) is 0 Å². The first kappa shape index (κ1) is 10.7. The van der Waals surface area contributed by atoms with Crippen LogP contribution in [0.1, 0.15) is 20.8 Å². The van der Waals surface area contributed by atoms with Crippen molar-refractivity contribution in [1.82, 2.24) is 0 Å². The minimum absolute atomic E-state index is 0.429. The molecule has 0 aromatic heterocycles. The van der Waals surface area contributed by atoms with E-state index in [0.717, 1.165) is 5.57 Å². The van der Waals surface area contributed by atoms with Crippen molar-refractivity contribution in [1.29, 1.82) is 0 Å². The summed E-state index contributed by atoms with van der Waals surface area (Å²) in [4.78, 5) is 4.58. The summed E-state index contributed by atoms with van der Waals surface area (Å²) in [5.74, 6) is 0. The maximum Gasteiger partial charge on any atom is 0.127 e. The van der Waals surface area contributed by atoms with Crippen LogP contribution in [0.3, 0.4) is 0 Å². The predicted molar refractivity (Wildman–Crippen MR) is 48.8 cm³/mol. The number of allylic oxidation sites excluding steroid dienone is 2. The van der Waals surface area contributed by atoms with Gasteiger partial charge in [-0.15, -0.1) is 0 Å². The quantitative estimate of drug-likeness (QED) is 0.399. The van der Waals surface area contributed by atoms with E-state index in [1.54, 1.807) is 13.0 Å². The first-order valence-corrected chi connectivity index (χ1v) is 3.57. The summed E-state index contributed by atoms with van der Waals surface area (Å²) in [6.07, 6.45) is 1.78. The molecule has 68 valence electrons.